The van der Waals surface area contributed by atoms with E-state index in [0.29, 0.717) is 5.92 Å². The van der Waals surface area contributed by atoms with Crippen LogP contribution >= 0.6 is 0 Å². The summed E-state index contributed by atoms with van der Waals surface area (Å²) in [6, 6.07) is 9.10. The second-order valence-electron chi connectivity index (χ2n) is 9.75. The van der Waals surface area contributed by atoms with Crippen molar-refractivity contribution < 1.29 is 9.31 Å². The summed E-state index contributed by atoms with van der Waals surface area (Å²) in [5.41, 5.74) is 2.69. The van der Waals surface area contributed by atoms with E-state index in [4.69, 9.17) is 9.31 Å². The van der Waals surface area contributed by atoms with Crippen LogP contribution in [0.2, 0.25) is 0 Å². The van der Waals surface area contributed by atoms with Gasteiger partial charge in [0.25, 0.3) is 0 Å². The Balaban J connectivity index is 1.30. The van der Waals surface area contributed by atoms with Crippen LogP contribution in [0.5, 0.6) is 0 Å². The molecule has 0 radical (unpaired) electrons. The van der Waals surface area contributed by atoms with Gasteiger partial charge in [-0.15, -0.1) is 0 Å². The van der Waals surface area contributed by atoms with Crippen molar-refractivity contribution in [1.29, 1.82) is 0 Å². The van der Waals surface area contributed by atoms with Crippen LogP contribution in [0.25, 0.3) is 0 Å². The van der Waals surface area contributed by atoms with Gasteiger partial charge < -0.3 is 9.31 Å². The van der Waals surface area contributed by atoms with Crippen LogP contribution < -0.4 is 5.46 Å². The number of benzene rings is 1. The van der Waals surface area contributed by atoms with Crippen molar-refractivity contribution in [1.82, 2.24) is 0 Å². The molecule has 0 atom stereocenters. The molecule has 29 heavy (non-hydrogen) atoms. The van der Waals surface area contributed by atoms with E-state index in [0.717, 1.165) is 25.0 Å². The molecule has 0 amide bonds. The standard InChI is InChI=1S/C26H43BO2/c1-3-4-5-6-7-8-9-10-11-23-20-28-27(29-21-23)26-18-16-25(17-19-26)24-14-12-22(2)13-15-24/h16-19,22-24H,3-15,20-21H2,1-2H3. The fraction of sp³-hybridized carbons (Fsp3) is 0.769. The first kappa shape index (κ1) is 22.9. The van der Waals surface area contributed by atoms with E-state index in [9.17, 15) is 0 Å². The van der Waals surface area contributed by atoms with Crippen LogP contribution in [-0.2, 0) is 9.31 Å². The van der Waals surface area contributed by atoms with Crippen molar-refractivity contribution in [2.24, 2.45) is 11.8 Å². The third kappa shape index (κ3) is 7.76. The summed E-state index contributed by atoms with van der Waals surface area (Å²) in [6.07, 6.45) is 17.8. The van der Waals surface area contributed by atoms with E-state index in [1.165, 1.54) is 94.5 Å². The highest BCUT2D eigenvalue weighted by Gasteiger charge is 2.29. The van der Waals surface area contributed by atoms with Gasteiger partial charge in [0.05, 0.1) is 0 Å². The highest BCUT2D eigenvalue weighted by Crippen LogP contribution is 2.35. The smallest absolute Gasteiger partial charge is 0.407 e. The van der Waals surface area contributed by atoms with Crippen LogP contribution in [0.3, 0.4) is 0 Å². The van der Waals surface area contributed by atoms with Gasteiger partial charge in [0, 0.05) is 19.1 Å². The zero-order chi connectivity index (χ0) is 20.3. The Kier molecular flexibility index (Phi) is 10.1. The van der Waals surface area contributed by atoms with Gasteiger partial charge in [-0.3, -0.25) is 0 Å². The third-order valence-electron chi connectivity index (χ3n) is 7.13. The van der Waals surface area contributed by atoms with Gasteiger partial charge >= 0.3 is 7.12 Å². The maximum absolute atomic E-state index is 6.08. The topological polar surface area (TPSA) is 18.5 Å². The van der Waals surface area contributed by atoms with Crippen molar-refractivity contribution in [3.8, 4) is 0 Å². The van der Waals surface area contributed by atoms with Crippen molar-refractivity contribution >= 4 is 12.6 Å². The lowest BCUT2D eigenvalue weighted by molar-refractivity contribution is 0.0810. The van der Waals surface area contributed by atoms with Crippen molar-refractivity contribution in [3.63, 3.8) is 0 Å². The SMILES string of the molecule is CCCCCCCCCCC1COB(c2ccc(C3CCC(C)CC3)cc2)OC1. The van der Waals surface area contributed by atoms with Crippen LogP contribution in [-0.4, -0.2) is 20.3 Å². The minimum absolute atomic E-state index is 0.162. The zero-order valence-corrected chi connectivity index (χ0v) is 19.0. The van der Waals surface area contributed by atoms with E-state index < -0.39 is 0 Å². The summed E-state index contributed by atoms with van der Waals surface area (Å²) in [4.78, 5) is 0. The zero-order valence-electron chi connectivity index (χ0n) is 19.0. The predicted molar refractivity (Wildman–Crippen MR) is 125 cm³/mol. The normalized spacial score (nSPS) is 23.4. The van der Waals surface area contributed by atoms with Gasteiger partial charge in [0.2, 0.25) is 0 Å². The van der Waals surface area contributed by atoms with E-state index in [-0.39, 0.29) is 7.12 Å². The lowest BCUT2D eigenvalue weighted by Crippen LogP contribution is -2.44. The summed E-state index contributed by atoms with van der Waals surface area (Å²) in [5, 5.41) is 0. The van der Waals surface area contributed by atoms with E-state index >= 15 is 0 Å². The maximum atomic E-state index is 6.08. The first-order valence-corrected chi connectivity index (χ1v) is 12.6. The molecule has 0 unspecified atom stereocenters. The minimum Gasteiger partial charge on any atom is -0.407 e. The molecule has 1 aliphatic heterocycles. The monoisotopic (exact) mass is 398 g/mol. The fourth-order valence-corrected chi connectivity index (χ4v) is 4.99. The molecular formula is C26H43BO2. The predicted octanol–water partition coefficient (Wildman–Crippen LogP) is 6.87. The average molecular weight is 398 g/mol. The Hall–Kier alpha value is -0.795. The van der Waals surface area contributed by atoms with Crippen LogP contribution in [0.4, 0.5) is 0 Å². The summed E-state index contributed by atoms with van der Waals surface area (Å²) in [6.45, 7) is 6.37. The molecule has 0 N–H and O–H groups in total. The van der Waals surface area contributed by atoms with Gasteiger partial charge in [-0.25, -0.2) is 0 Å². The Morgan fingerprint density at radius 2 is 1.38 bits per heavy atom. The first-order chi connectivity index (χ1) is 14.3. The Morgan fingerprint density at radius 3 is 2.00 bits per heavy atom. The second-order valence-corrected chi connectivity index (χ2v) is 9.75. The molecule has 2 aliphatic rings. The number of hydrogen-bond donors (Lipinski definition) is 0. The van der Waals surface area contributed by atoms with Crippen molar-refractivity contribution in [3.05, 3.63) is 29.8 Å². The highest BCUT2D eigenvalue weighted by atomic mass is 16.6. The first-order valence-electron chi connectivity index (χ1n) is 12.6. The molecule has 1 heterocycles. The molecule has 2 fully saturated rings. The molecule has 1 aliphatic carbocycles. The van der Waals surface area contributed by atoms with E-state index in [1.807, 2.05) is 0 Å². The molecule has 1 saturated carbocycles. The van der Waals surface area contributed by atoms with E-state index in [1.54, 1.807) is 0 Å². The lowest BCUT2D eigenvalue weighted by Gasteiger charge is -2.28. The fourth-order valence-electron chi connectivity index (χ4n) is 4.99. The average Bonchev–Trinajstić information content (AvgIpc) is 2.77. The Morgan fingerprint density at radius 1 is 0.793 bits per heavy atom. The van der Waals surface area contributed by atoms with Crippen LogP contribution in [0.1, 0.15) is 109 Å². The van der Waals surface area contributed by atoms with Gasteiger partial charge in [-0.1, -0.05) is 102 Å². The maximum Gasteiger partial charge on any atom is 0.493 e. The lowest BCUT2D eigenvalue weighted by atomic mass is 9.75. The molecule has 1 aromatic rings. The molecule has 1 aromatic carbocycles. The summed E-state index contributed by atoms with van der Waals surface area (Å²) >= 11 is 0. The van der Waals surface area contributed by atoms with Gasteiger partial charge in [0.1, 0.15) is 0 Å². The summed E-state index contributed by atoms with van der Waals surface area (Å²) in [5.74, 6) is 2.24. The largest absolute Gasteiger partial charge is 0.493 e. The second kappa shape index (κ2) is 12.8. The quantitative estimate of drug-likeness (QED) is 0.299. The van der Waals surface area contributed by atoms with Crippen LogP contribution in [0, 0.1) is 11.8 Å². The van der Waals surface area contributed by atoms with Crippen molar-refractivity contribution in [2.75, 3.05) is 13.2 Å². The van der Waals surface area contributed by atoms with Crippen molar-refractivity contribution in [2.45, 2.75) is 103 Å². The molecule has 3 rings (SSSR count). The Bertz CT molecular complexity index is 542. The van der Waals surface area contributed by atoms with E-state index in [2.05, 4.69) is 38.1 Å². The molecule has 2 nitrogen and oxygen atoms in total. The molecule has 162 valence electrons. The van der Waals surface area contributed by atoms with Gasteiger partial charge in [0.15, 0.2) is 0 Å². The molecule has 1 saturated heterocycles. The minimum atomic E-state index is -0.162. The highest BCUT2D eigenvalue weighted by molar-refractivity contribution is 6.61. The summed E-state index contributed by atoms with van der Waals surface area (Å²) < 4.78 is 12.2. The number of rotatable bonds is 11. The molecule has 3 heteroatoms. The number of unbranched alkanes of at least 4 members (excludes halogenated alkanes) is 7. The molecule has 0 bridgehead atoms. The molecular weight excluding hydrogens is 355 g/mol. The summed E-state index contributed by atoms with van der Waals surface area (Å²) in [7, 11) is -0.162. The molecule has 0 aromatic heterocycles. The molecule has 0 spiro atoms. The Labute approximate surface area is 180 Å². The van der Waals surface area contributed by atoms with Gasteiger partial charge in [-0.05, 0) is 42.1 Å². The number of hydrogen-bond acceptors (Lipinski definition) is 2. The van der Waals surface area contributed by atoms with Gasteiger partial charge in [-0.2, -0.15) is 0 Å². The van der Waals surface area contributed by atoms with Crippen LogP contribution in [0.15, 0.2) is 24.3 Å². The third-order valence-corrected chi connectivity index (χ3v) is 7.13.